The van der Waals surface area contributed by atoms with Crippen LogP contribution in [0.3, 0.4) is 0 Å². The summed E-state index contributed by atoms with van der Waals surface area (Å²) in [6.07, 6.45) is 1.79. The highest BCUT2D eigenvalue weighted by atomic mass is 19.1. The summed E-state index contributed by atoms with van der Waals surface area (Å²) in [6, 6.07) is 15.0. The third kappa shape index (κ3) is 3.34. The van der Waals surface area contributed by atoms with Crippen molar-refractivity contribution in [1.82, 2.24) is 4.90 Å². The van der Waals surface area contributed by atoms with E-state index in [1.165, 1.54) is 12.1 Å². The lowest BCUT2D eigenvalue weighted by molar-refractivity contribution is -0.0538. The molecule has 4 rings (SSSR count). The number of hydrogen-bond acceptors (Lipinski definition) is 4. The highest BCUT2D eigenvalue weighted by Crippen LogP contribution is 2.46. The molecule has 1 N–H and O–H groups in total. The Balaban J connectivity index is 1.50. The Bertz CT molecular complexity index is 911. The molecule has 0 aromatic heterocycles. The first-order chi connectivity index (χ1) is 13.5. The molecule has 2 aromatic rings. The minimum atomic E-state index is -1.25. The number of halogens is 1. The van der Waals surface area contributed by atoms with Crippen LogP contribution in [0.5, 0.6) is 0 Å². The Morgan fingerprint density at radius 3 is 2.54 bits per heavy atom. The first-order valence-corrected chi connectivity index (χ1v) is 9.42. The number of rotatable bonds is 3. The standard InChI is InChI=1S/C22H21FN2O3/c23-17-6-9-20(16(10-17)13-24)22(27)11-18-7-8-19(12-22)25(18)21(26)28-14-15-4-2-1-3-5-15/h1-6,9-10,18-19,27H,7-8,11-12,14H2. The van der Waals surface area contributed by atoms with Crippen molar-refractivity contribution in [2.75, 3.05) is 0 Å². The van der Waals surface area contributed by atoms with Gasteiger partial charge >= 0.3 is 6.09 Å². The summed E-state index contributed by atoms with van der Waals surface area (Å²) in [6.45, 7) is 0.205. The highest BCUT2D eigenvalue weighted by Gasteiger charge is 2.51. The van der Waals surface area contributed by atoms with E-state index < -0.39 is 11.4 Å². The van der Waals surface area contributed by atoms with E-state index in [9.17, 15) is 19.6 Å². The number of carbonyl (C=O) groups excluding carboxylic acids is 1. The minimum absolute atomic E-state index is 0.141. The Hall–Kier alpha value is -2.91. The number of aliphatic hydroxyl groups is 1. The predicted molar refractivity (Wildman–Crippen MR) is 99.5 cm³/mol. The summed E-state index contributed by atoms with van der Waals surface area (Å²) < 4.78 is 19.0. The summed E-state index contributed by atoms with van der Waals surface area (Å²) in [5.41, 5.74) is 0.246. The number of carbonyl (C=O) groups is 1. The van der Waals surface area contributed by atoms with Gasteiger partial charge in [-0.2, -0.15) is 5.26 Å². The van der Waals surface area contributed by atoms with Gasteiger partial charge in [-0.05, 0) is 30.5 Å². The molecule has 28 heavy (non-hydrogen) atoms. The summed E-state index contributed by atoms with van der Waals surface area (Å²) in [4.78, 5) is 14.4. The maximum atomic E-state index is 13.5. The molecule has 1 amide bonds. The van der Waals surface area contributed by atoms with E-state index in [0.717, 1.165) is 24.5 Å². The molecule has 6 heteroatoms. The zero-order valence-corrected chi connectivity index (χ0v) is 15.3. The Labute approximate surface area is 163 Å². The lowest BCUT2D eigenvalue weighted by Gasteiger charge is -2.43. The van der Waals surface area contributed by atoms with E-state index >= 15 is 0 Å². The van der Waals surface area contributed by atoms with Crippen LogP contribution in [-0.2, 0) is 16.9 Å². The first kappa shape index (κ1) is 18.5. The molecule has 2 bridgehead atoms. The first-order valence-electron chi connectivity index (χ1n) is 9.42. The van der Waals surface area contributed by atoms with E-state index in [4.69, 9.17) is 4.74 Å². The fraction of sp³-hybridized carbons (Fsp3) is 0.364. The lowest BCUT2D eigenvalue weighted by Crippen LogP contribution is -2.52. The van der Waals surface area contributed by atoms with E-state index in [2.05, 4.69) is 0 Å². The van der Waals surface area contributed by atoms with Crippen LogP contribution in [0.4, 0.5) is 9.18 Å². The van der Waals surface area contributed by atoms with Crippen LogP contribution < -0.4 is 0 Å². The Kier molecular flexibility index (Phi) is 4.78. The van der Waals surface area contributed by atoms with Crippen molar-refractivity contribution in [3.8, 4) is 6.07 Å². The summed E-state index contributed by atoms with van der Waals surface area (Å²) in [5.74, 6) is -0.506. The Morgan fingerprint density at radius 1 is 1.21 bits per heavy atom. The van der Waals surface area contributed by atoms with Crippen LogP contribution in [0.15, 0.2) is 48.5 Å². The molecule has 2 aliphatic heterocycles. The quantitative estimate of drug-likeness (QED) is 0.878. The normalized spacial score (nSPS) is 26.0. The van der Waals surface area contributed by atoms with Crippen molar-refractivity contribution in [3.05, 3.63) is 71.0 Å². The largest absolute Gasteiger partial charge is 0.445 e. The summed E-state index contributed by atoms with van der Waals surface area (Å²) >= 11 is 0. The second-order valence-corrected chi connectivity index (χ2v) is 7.57. The monoisotopic (exact) mass is 380 g/mol. The van der Waals surface area contributed by atoms with Gasteiger partial charge in [-0.25, -0.2) is 9.18 Å². The number of nitriles is 1. The van der Waals surface area contributed by atoms with Crippen LogP contribution in [0.2, 0.25) is 0 Å². The molecule has 2 fully saturated rings. The van der Waals surface area contributed by atoms with Gasteiger partial charge in [0.05, 0.1) is 17.2 Å². The van der Waals surface area contributed by atoms with Gasteiger partial charge in [-0.15, -0.1) is 0 Å². The Morgan fingerprint density at radius 2 is 1.89 bits per heavy atom. The van der Waals surface area contributed by atoms with Crippen molar-refractivity contribution < 1.29 is 19.0 Å². The molecule has 0 spiro atoms. The molecule has 144 valence electrons. The molecule has 0 aliphatic carbocycles. The molecule has 5 nitrogen and oxygen atoms in total. The second kappa shape index (κ2) is 7.25. The van der Waals surface area contributed by atoms with Gasteiger partial charge in [0.15, 0.2) is 0 Å². The van der Waals surface area contributed by atoms with E-state index in [0.29, 0.717) is 18.4 Å². The average molecular weight is 380 g/mol. The van der Waals surface area contributed by atoms with Crippen molar-refractivity contribution in [3.63, 3.8) is 0 Å². The number of amides is 1. The molecular weight excluding hydrogens is 359 g/mol. The van der Waals surface area contributed by atoms with Gasteiger partial charge in [0.1, 0.15) is 12.4 Å². The zero-order chi connectivity index (χ0) is 19.7. The molecule has 0 saturated carbocycles. The minimum Gasteiger partial charge on any atom is -0.445 e. The number of fused-ring (bicyclic) bond motifs is 2. The van der Waals surface area contributed by atoms with Gasteiger partial charge in [0.25, 0.3) is 0 Å². The smallest absolute Gasteiger partial charge is 0.410 e. The molecule has 2 atom stereocenters. The van der Waals surface area contributed by atoms with Crippen molar-refractivity contribution in [2.24, 2.45) is 0 Å². The lowest BCUT2D eigenvalue weighted by atomic mass is 9.79. The van der Waals surface area contributed by atoms with Gasteiger partial charge in [-0.3, -0.25) is 0 Å². The predicted octanol–water partition coefficient (Wildman–Crippen LogP) is 3.85. The van der Waals surface area contributed by atoms with Crippen LogP contribution in [0.1, 0.15) is 42.4 Å². The molecule has 2 saturated heterocycles. The maximum absolute atomic E-state index is 13.5. The number of nitrogens with zero attached hydrogens (tertiary/aromatic N) is 2. The van der Waals surface area contributed by atoms with E-state index in [-0.39, 0.29) is 30.3 Å². The van der Waals surface area contributed by atoms with Crippen molar-refractivity contribution >= 4 is 6.09 Å². The SMILES string of the molecule is N#Cc1cc(F)ccc1C1(O)CC2CCC(C1)N2C(=O)OCc1ccccc1. The third-order valence-electron chi connectivity index (χ3n) is 5.79. The molecule has 2 unspecified atom stereocenters. The number of piperidine rings is 1. The molecule has 2 aliphatic rings. The fourth-order valence-electron chi connectivity index (χ4n) is 4.55. The van der Waals surface area contributed by atoms with Crippen LogP contribution in [0, 0.1) is 17.1 Å². The highest BCUT2D eigenvalue weighted by molar-refractivity contribution is 5.69. The molecule has 0 radical (unpaired) electrons. The van der Waals surface area contributed by atoms with E-state index in [1.54, 1.807) is 4.90 Å². The van der Waals surface area contributed by atoms with Crippen molar-refractivity contribution in [2.45, 2.75) is 50.0 Å². The zero-order valence-electron chi connectivity index (χ0n) is 15.3. The van der Waals surface area contributed by atoms with Crippen molar-refractivity contribution in [1.29, 1.82) is 5.26 Å². The maximum Gasteiger partial charge on any atom is 0.410 e. The fourth-order valence-corrected chi connectivity index (χ4v) is 4.55. The number of benzene rings is 2. The van der Waals surface area contributed by atoms with Gasteiger partial charge in [0, 0.05) is 30.5 Å². The number of ether oxygens (including phenoxy) is 1. The second-order valence-electron chi connectivity index (χ2n) is 7.57. The van der Waals surface area contributed by atoms with E-state index in [1.807, 2.05) is 36.4 Å². The van der Waals surface area contributed by atoms with Crippen LogP contribution in [-0.4, -0.2) is 28.2 Å². The molecule has 2 aromatic carbocycles. The van der Waals surface area contributed by atoms with Gasteiger partial charge < -0.3 is 14.7 Å². The van der Waals surface area contributed by atoms with Gasteiger partial charge in [0.2, 0.25) is 0 Å². The molecular formula is C22H21FN2O3. The summed E-state index contributed by atoms with van der Waals surface area (Å²) in [5, 5.41) is 20.6. The topological polar surface area (TPSA) is 73.6 Å². The summed E-state index contributed by atoms with van der Waals surface area (Å²) in [7, 11) is 0. The van der Waals surface area contributed by atoms with Crippen LogP contribution in [0.25, 0.3) is 0 Å². The average Bonchev–Trinajstić information content (AvgIpc) is 2.98. The third-order valence-corrected chi connectivity index (χ3v) is 5.79. The van der Waals surface area contributed by atoms with Crippen LogP contribution >= 0.6 is 0 Å². The number of hydrogen-bond donors (Lipinski definition) is 1. The van der Waals surface area contributed by atoms with Gasteiger partial charge in [-0.1, -0.05) is 36.4 Å². The molecule has 2 heterocycles.